The highest BCUT2D eigenvalue weighted by Crippen LogP contribution is 2.35. The van der Waals surface area contributed by atoms with Crippen molar-refractivity contribution < 1.29 is 28.2 Å². The Morgan fingerprint density at radius 2 is 2.03 bits per heavy atom. The smallest absolute Gasteiger partial charge is 0.420 e. The number of carbonyl (C=O) groups excluding carboxylic acids is 1. The largest absolute Gasteiger partial charge is 0.487 e. The van der Waals surface area contributed by atoms with E-state index in [1.54, 1.807) is 12.3 Å². The fraction of sp³-hybridized carbons (Fsp3) is 0.400. The zero-order valence-electron chi connectivity index (χ0n) is 19.8. The number of hydrogen-bond donors (Lipinski definition) is 2. The lowest BCUT2D eigenvalue weighted by atomic mass is 10.1. The van der Waals surface area contributed by atoms with Gasteiger partial charge >= 0.3 is 5.57 Å². The van der Waals surface area contributed by atoms with Gasteiger partial charge < -0.3 is 24.8 Å². The summed E-state index contributed by atoms with van der Waals surface area (Å²) in [5, 5.41) is 17.3. The minimum atomic E-state index is -3.82. The Morgan fingerprint density at radius 3 is 2.70 bits per heavy atom. The second kappa shape index (κ2) is 10.6. The lowest BCUT2D eigenvalue weighted by Gasteiger charge is -2.26. The number of alkyl halides is 3. The third-order valence-electron chi connectivity index (χ3n) is 6.31. The molecule has 2 aliphatic heterocycles. The minimum absolute atomic E-state index is 0.141. The molecule has 0 bridgehead atoms. The predicted octanol–water partition coefficient (Wildman–Crippen LogP) is 4.64. The van der Waals surface area contributed by atoms with E-state index in [0.29, 0.717) is 48.7 Å². The first-order chi connectivity index (χ1) is 17.8. The standard InChI is InChI=1S/C25H26ClF2N5O4/c26-25(27,28)37-19-6-4-17(5-7-19)31-24(35)16-13-20(23(29-14-16)32-11-9-18(34)15-32)21-8-10-30-33(21)22-3-1-2-12-36-22/h4-8,10,13-14,18,22,34H,1-3,9,11-12,15H2,(H,31,35). The van der Waals surface area contributed by atoms with Crippen molar-refractivity contribution in [2.45, 2.75) is 43.6 Å². The van der Waals surface area contributed by atoms with E-state index in [-0.39, 0.29) is 12.0 Å². The van der Waals surface area contributed by atoms with Crippen molar-refractivity contribution in [1.82, 2.24) is 14.8 Å². The summed E-state index contributed by atoms with van der Waals surface area (Å²) < 4.78 is 37.8. The Hall–Kier alpha value is -3.28. The average molecular weight is 534 g/mol. The van der Waals surface area contributed by atoms with Gasteiger partial charge in [-0.1, -0.05) is 0 Å². The van der Waals surface area contributed by atoms with Gasteiger partial charge in [0.2, 0.25) is 0 Å². The van der Waals surface area contributed by atoms with Crippen LogP contribution >= 0.6 is 11.6 Å². The molecule has 0 spiro atoms. The van der Waals surface area contributed by atoms with E-state index >= 15 is 0 Å². The van der Waals surface area contributed by atoms with Crippen molar-refractivity contribution in [1.29, 1.82) is 0 Å². The van der Waals surface area contributed by atoms with E-state index in [9.17, 15) is 18.7 Å². The fourth-order valence-electron chi connectivity index (χ4n) is 4.57. The number of aliphatic hydroxyl groups is 1. The van der Waals surface area contributed by atoms with E-state index < -0.39 is 17.6 Å². The van der Waals surface area contributed by atoms with Crippen molar-refractivity contribution in [3.8, 4) is 17.0 Å². The van der Waals surface area contributed by atoms with E-state index in [1.807, 2.05) is 15.6 Å². The van der Waals surface area contributed by atoms with Crippen LogP contribution in [0.25, 0.3) is 11.3 Å². The molecule has 2 unspecified atom stereocenters. The summed E-state index contributed by atoms with van der Waals surface area (Å²) in [5.41, 5.74) is -1.70. The SMILES string of the molecule is O=C(Nc1ccc(OC(F)(F)Cl)cc1)c1cnc(N2CCC(O)C2)c(-c2ccnn2C2CCCCO2)c1. The summed E-state index contributed by atoms with van der Waals surface area (Å²) in [6, 6.07) is 9.02. The van der Waals surface area contributed by atoms with E-state index in [2.05, 4.69) is 20.1 Å². The maximum Gasteiger partial charge on any atom is 0.487 e. The molecule has 1 amide bonds. The van der Waals surface area contributed by atoms with Gasteiger partial charge in [0.1, 0.15) is 11.6 Å². The van der Waals surface area contributed by atoms with Gasteiger partial charge in [0.15, 0.2) is 6.23 Å². The van der Waals surface area contributed by atoms with Crippen LogP contribution < -0.4 is 15.0 Å². The van der Waals surface area contributed by atoms with E-state index in [1.165, 1.54) is 30.5 Å². The molecule has 0 aliphatic carbocycles. The number of nitrogens with one attached hydrogen (secondary N) is 1. The lowest BCUT2D eigenvalue weighted by Crippen LogP contribution is -2.25. The number of benzene rings is 1. The summed E-state index contributed by atoms with van der Waals surface area (Å²) in [4.78, 5) is 19.7. The van der Waals surface area contributed by atoms with Gasteiger partial charge in [0, 0.05) is 54.9 Å². The Balaban J connectivity index is 1.43. The number of hydrogen-bond acceptors (Lipinski definition) is 7. The molecule has 1 aromatic carbocycles. The summed E-state index contributed by atoms with van der Waals surface area (Å²) >= 11 is 4.79. The first-order valence-corrected chi connectivity index (χ1v) is 12.4. The zero-order valence-corrected chi connectivity index (χ0v) is 20.6. The fourth-order valence-corrected chi connectivity index (χ4v) is 4.66. The lowest BCUT2D eigenvalue weighted by molar-refractivity contribution is -0.0964. The maximum absolute atomic E-state index is 13.1. The predicted molar refractivity (Wildman–Crippen MR) is 133 cm³/mol. The number of amides is 1. The highest BCUT2D eigenvalue weighted by Gasteiger charge is 2.29. The number of ether oxygens (including phenoxy) is 2. The van der Waals surface area contributed by atoms with Crippen LogP contribution in [0.5, 0.6) is 5.75 Å². The Bertz CT molecular complexity index is 1240. The number of halogens is 3. The van der Waals surface area contributed by atoms with Gasteiger partial charge in [-0.2, -0.15) is 5.10 Å². The summed E-state index contributed by atoms with van der Waals surface area (Å²) in [7, 11) is 0. The molecular formula is C25H26ClF2N5O4. The third kappa shape index (κ3) is 6.00. The molecule has 12 heteroatoms. The van der Waals surface area contributed by atoms with Crippen LogP contribution in [0.4, 0.5) is 20.3 Å². The topological polar surface area (TPSA) is 102 Å². The highest BCUT2D eigenvalue weighted by molar-refractivity contribution is 6.20. The van der Waals surface area contributed by atoms with Crippen LogP contribution in [-0.4, -0.2) is 57.1 Å². The van der Waals surface area contributed by atoms with Crippen molar-refractivity contribution in [2.24, 2.45) is 0 Å². The first-order valence-electron chi connectivity index (χ1n) is 12.0. The molecule has 2 saturated heterocycles. The number of nitrogens with zero attached hydrogens (tertiary/aromatic N) is 4. The third-order valence-corrected chi connectivity index (χ3v) is 6.39. The van der Waals surface area contributed by atoms with Gasteiger partial charge in [0.05, 0.1) is 17.4 Å². The second-order valence-electron chi connectivity index (χ2n) is 8.99. The van der Waals surface area contributed by atoms with Crippen molar-refractivity contribution in [3.05, 3.63) is 54.4 Å². The molecule has 5 rings (SSSR count). The van der Waals surface area contributed by atoms with Gasteiger partial charge in [-0.3, -0.25) is 4.79 Å². The molecule has 3 aromatic rings. The Morgan fingerprint density at radius 1 is 1.22 bits per heavy atom. The van der Waals surface area contributed by atoms with Gasteiger partial charge in [0.25, 0.3) is 5.91 Å². The maximum atomic E-state index is 13.1. The molecule has 2 aromatic heterocycles. The number of carbonyl (C=O) groups is 1. The molecule has 4 heterocycles. The van der Waals surface area contributed by atoms with Crippen LogP contribution in [0, 0.1) is 0 Å². The molecule has 0 saturated carbocycles. The van der Waals surface area contributed by atoms with Crippen LogP contribution in [0.1, 0.15) is 42.3 Å². The summed E-state index contributed by atoms with van der Waals surface area (Å²) in [5.74, 6) is 0.0737. The number of rotatable bonds is 7. The molecule has 2 aliphatic rings. The summed E-state index contributed by atoms with van der Waals surface area (Å²) in [6.45, 7) is 1.73. The van der Waals surface area contributed by atoms with Crippen LogP contribution in [0.3, 0.4) is 0 Å². The quantitative estimate of drug-likeness (QED) is 0.427. The number of β-amino-alcohol motifs (C(OH)–C–C–N with tert-alkyl or cyclic N) is 1. The number of anilines is 2. The highest BCUT2D eigenvalue weighted by atomic mass is 35.5. The number of aromatic nitrogens is 3. The van der Waals surface area contributed by atoms with Crippen LogP contribution in [-0.2, 0) is 4.74 Å². The Kier molecular flexibility index (Phi) is 7.27. The van der Waals surface area contributed by atoms with Gasteiger partial charge in [-0.05, 0) is 62.1 Å². The zero-order chi connectivity index (χ0) is 26.0. The molecule has 196 valence electrons. The van der Waals surface area contributed by atoms with Crippen LogP contribution in [0.2, 0.25) is 0 Å². The van der Waals surface area contributed by atoms with Crippen molar-refractivity contribution in [2.75, 3.05) is 29.9 Å². The molecule has 2 N–H and O–H groups in total. The summed E-state index contributed by atoms with van der Waals surface area (Å²) in [6.07, 6.45) is 5.99. The number of aliphatic hydroxyl groups excluding tert-OH is 1. The van der Waals surface area contributed by atoms with Crippen molar-refractivity contribution in [3.63, 3.8) is 0 Å². The monoisotopic (exact) mass is 533 g/mol. The average Bonchev–Trinajstić information content (AvgIpc) is 3.54. The number of pyridine rings is 1. The molecular weight excluding hydrogens is 508 g/mol. The van der Waals surface area contributed by atoms with Gasteiger partial charge in [-0.25, -0.2) is 9.67 Å². The first kappa shape index (κ1) is 25.4. The normalized spacial score (nSPS) is 20.2. The molecule has 9 nitrogen and oxygen atoms in total. The Labute approximate surface area is 217 Å². The van der Waals surface area contributed by atoms with Crippen LogP contribution in [0.15, 0.2) is 48.8 Å². The molecule has 37 heavy (non-hydrogen) atoms. The molecule has 2 fully saturated rings. The minimum Gasteiger partial charge on any atom is -0.420 e. The van der Waals surface area contributed by atoms with E-state index in [0.717, 1.165) is 25.0 Å². The second-order valence-corrected chi connectivity index (χ2v) is 9.43. The van der Waals surface area contributed by atoms with Crippen molar-refractivity contribution >= 4 is 29.0 Å². The van der Waals surface area contributed by atoms with E-state index in [4.69, 9.17) is 16.3 Å². The molecule has 2 atom stereocenters. The molecule has 0 radical (unpaired) electrons. The van der Waals surface area contributed by atoms with Gasteiger partial charge in [-0.15, -0.1) is 8.78 Å².